The van der Waals surface area contributed by atoms with Crippen molar-refractivity contribution in [3.05, 3.63) is 59.7 Å². The Morgan fingerprint density at radius 3 is 2.26 bits per heavy atom. The van der Waals surface area contributed by atoms with Crippen LogP contribution >= 0.6 is 0 Å². The van der Waals surface area contributed by atoms with Crippen LogP contribution < -0.4 is 15.4 Å². The van der Waals surface area contributed by atoms with Gasteiger partial charge in [0.25, 0.3) is 5.91 Å². The Balaban J connectivity index is 2.31. The Morgan fingerprint density at radius 1 is 1.06 bits per heavy atom. The number of rotatable bonds is 9. The second kappa shape index (κ2) is 12.0. The van der Waals surface area contributed by atoms with E-state index in [0.717, 1.165) is 5.56 Å². The molecule has 0 heterocycles. The van der Waals surface area contributed by atoms with Crippen LogP contribution in [0.2, 0.25) is 0 Å². The molecule has 0 bridgehead atoms. The molecule has 9 heteroatoms. The van der Waals surface area contributed by atoms with E-state index < -0.39 is 36.1 Å². The first kappa shape index (κ1) is 26.7. The fourth-order valence-corrected chi connectivity index (χ4v) is 3.30. The molecule has 1 atom stereocenters. The fraction of sp³-hybridized carbons (Fsp3) is 0.400. The van der Waals surface area contributed by atoms with Gasteiger partial charge in [-0.1, -0.05) is 24.3 Å². The molecule has 3 amide bonds. The molecule has 0 aliphatic heterocycles. The molecule has 0 saturated heterocycles. The summed E-state index contributed by atoms with van der Waals surface area (Å²) in [4.78, 5) is 39.8. The van der Waals surface area contributed by atoms with E-state index in [1.165, 1.54) is 4.90 Å². The van der Waals surface area contributed by atoms with Gasteiger partial charge in [0, 0.05) is 12.2 Å². The number of amides is 3. The first-order valence-electron chi connectivity index (χ1n) is 10.9. The number of benzene rings is 2. The summed E-state index contributed by atoms with van der Waals surface area (Å²) in [5.41, 5.74) is 1.20. The Morgan fingerprint density at radius 2 is 1.71 bits per heavy atom. The van der Waals surface area contributed by atoms with Crippen LogP contribution in [0.5, 0.6) is 5.75 Å². The second-order valence-corrected chi connectivity index (χ2v) is 8.64. The van der Waals surface area contributed by atoms with Crippen molar-refractivity contribution in [3.8, 4) is 5.75 Å². The molecule has 0 aliphatic carbocycles. The van der Waals surface area contributed by atoms with Gasteiger partial charge in [0.05, 0.1) is 13.7 Å². The van der Waals surface area contributed by atoms with Crippen molar-refractivity contribution < 1.29 is 29.0 Å². The minimum absolute atomic E-state index is 0.107. The lowest BCUT2D eigenvalue weighted by atomic mass is 9.98. The zero-order chi connectivity index (χ0) is 25.3. The number of carbonyl (C=O) groups excluding carboxylic acids is 3. The number of aliphatic hydroxyl groups excluding tert-OH is 1. The molecule has 0 fully saturated rings. The van der Waals surface area contributed by atoms with Gasteiger partial charge in [-0.25, -0.2) is 4.79 Å². The van der Waals surface area contributed by atoms with Gasteiger partial charge >= 0.3 is 6.09 Å². The minimum Gasteiger partial charge on any atom is -0.497 e. The van der Waals surface area contributed by atoms with Gasteiger partial charge in [-0.05, 0) is 63.1 Å². The Labute approximate surface area is 200 Å². The van der Waals surface area contributed by atoms with Crippen molar-refractivity contribution >= 4 is 23.6 Å². The highest BCUT2D eigenvalue weighted by Gasteiger charge is 2.32. The molecule has 1 unspecified atom stereocenters. The van der Waals surface area contributed by atoms with Crippen LogP contribution in [0.15, 0.2) is 48.5 Å². The molecule has 34 heavy (non-hydrogen) atoms. The highest BCUT2D eigenvalue weighted by Crippen LogP contribution is 2.26. The molecular formula is C25H33N3O6. The Kier molecular flexibility index (Phi) is 9.44. The van der Waals surface area contributed by atoms with Crippen molar-refractivity contribution in [1.29, 1.82) is 0 Å². The first-order valence-corrected chi connectivity index (χ1v) is 10.9. The van der Waals surface area contributed by atoms with E-state index in [1.807, 2.05) is 19.1 Å². The normalized spacial score (nSPS) is 11.8. The number of anilines is 1. The monoisotopic (exact) mass is 471 g/mol. The predicted octanol–water partition coefficient (Wildman–Crippen LogP) is 3.03. The maximum absolute atomic E-state index is 13.4. The van der Waals surface area contributed by atoms with Crippen LogP contribution in [-0.4, -0.2) is 60.3 Å². The van der Waals surface area contributed by atoms with E-state index in [4.69, 9.17) is 9.47 Å². The van der Waals surface area contributed by atoms with Crippen LogP contribution in [0.4, 0.5) is 10.5 Å². The van der Waals surface area contributed by atoms with E-state index >= 15 is 0 Å². The lowest BCUT2D eigenvalue weighted by molar-refractivity contribution is -0.138. The third-order valence-electron chi connectivity index (χ3n) is 4.84. The smallest absolute Gasteiger partial charge is 0.408 e. The van der Waals surface area contributed by atoms with Crippen molar-refractivity contribution in [1.82, 2.24) is 10.2 Å². The Bertz CT molecular complexity index is 985. The predicted molar refractivity (Wildman–Crippen MR) is 129 cm³/mol. The number of nitrogens with one attached hydrogen (secondary N) is 2. The summed E-state index contributed by atoms with van der Waals surface area (Å²) >= 11 is 0. The third kappa shape index (κ3) is 7.77. The molecule has 0 radical (unpaired) electrons. The number of hydrogen-bond acceptors (Lipinski definition) is 6. The number of aliphatic hydroxyl groups is 1. The minimum atomic E-state index is -1.04. The third-order valence-corrected chi connectivity index (χ3v) is 4.84. The molecule has 2 aromatic rings. The van der Waals surface area contributed by atoms with Crippen molar-refractivity contribution in [2.75, 3.05) is 32.1 Å². The summed E-state index contributed by atoms with van der Waals surface area (Å²) < 4.78 is 10.3. The van der Waals surface area contributed by atoms with Crippen LogP contribution in [0.25, 0.3) is 0 Å². The van der Waals surface area contributed by atoms with E-state index in [1.54, 1.807) is 64.3 Å². The second-order valence-electron chi connectivity index (χ2n) is 8.64. The van der Waals surface area contributed by atoms with Gasteiger partial charge in [-0.3, -0.25) is 9.59 Å². The first-order chi connectivity index (χ1) is 16.1. The summed E-state index contributed by atoms with van der Waals surface area (Å²) in [5, 5.41) is 14.9. The number of ether oxygens (including phenoxy) is 2. The molecule has 184 valence electrons. The van der Waals surface area contributed by atoms with Gasteiger partial charge in [0.2, 0.25) is 5.91 Å². The number of carbonyl (C=O) groups is 3. The van der Waals surface area contributed by atoms with Crippen LogP contribution in [-0.2, 0) is 14.3 Å². The van der Waals surface area contributed by atoms with Gasteiger partial charge in [0.15, 0.2) is 0 Å². The summed E-state index contributed by atoms with van der Waals surface area (Å²) in [6.45, 7) is 6.11. The maximum atomic E-state index is 13.4. The number of hydrogen-bond donors (Lipinski definition) is 3. The number of aryl methyl sites for hydroxylation is 1. The number of alkyl carbamates (subject to hydrolysis) is 1. The molecule has 3 N–H and O–H groups in total. The van der Waals surface area contributed by atoms with Gasteiger partial charge < -0.3 is 30.1 Å². The average molecular weight is 472 g/mol. The topological polar surface area (TPSA) is 117 Å². The van der Waals surface area contributed by atoms with E-state index in [-0.39, 0.29) is 13.2 Å². The molecule has 2 rings (SSSR count). The average Bonchev–Trinajstić information content (AvgIpc) is 2.77. The van der Waals surface area contributed by atoms with Gasteiger partial charge in [0.1, 0.15) is 23.9 Å². The maximum Gasteiger partial charge on any atom is 0.408 e. The van der Waals surface area contributed by atoms with Crippen molar-refractivity contribution in [2.45, 2.75) is 39.3 Å². The number of nitrogens with zero attached hydrogens (tertiary/aromatic N) is 1. The summed E-state index contributed by atoms with van der Waals surface area (Å²) in [6.07, 6.45) is -0.750. The number of methoxy groups -OCH3 is 1. The Hall–Kier alpha value is -3.59. The molecule has 0 spiro atoms. The highest BCUT2D eigenvalue weighted by atomic mass is 16.6. The van der Waals surface area contributed by atoms with E-state index in [0.29, 0.717) is 17.0 Å². The van der Waals surface area contributed by atoms with Crippen molar-refractivity contribution in [3.63, 3.8) is 0 Å². The van der Waals surface area contributed by atoms with E-state index in [2.05, 4.69) is 10.6 Å². The molecule has 0 saturated carbocycles. The van der Waals surface area contributed by atoms with Gasteiger partial charge in [-0.2, -0.15) is 0 Å². The largest absolute Gasteiger partial charge is 0.497 e. The molecule has 0 aromatic heterocycles. The highest BCUT2D eigenvalue weighted by molar-refractivity contribution is 5.98. The zero-order valence-electron chi connectivity index (χ0n) is 20.3. The zero-order valence-corrected chi connectivity index (χ0v) is 20.3. The van der Waals surface area contributed by atoms with Crippen molar-refractivity contribution in [2.24, 2.45) is 0 Å². The summed E-state index contributed by atoms with van der Waals surface area (Å²) in [5.74, 6) is -0.365. The molecular weight excluding hydrogens is 438 g/mol. The van der Waals surface area contributed by atoms with Crippen LogP contribution in [0.1, 0.15) is 37.9 Å². The SMILES string of the molecule is COc1ccc(NC(=O)C(c2ccccc2C)N(CCO)C(=O)CNC(=O)OC(C)(C)C)cc1. The molecule has 9 nitrogen and oxygen atoms in total. The fourth-order valence-electron chi connectivity index (χ4n) is 3.30. The molecule has 0 aliphatic rings. The van der Waals surface area contributed by atoms with E-state index in [9.17, 15) is 19.5 Å². The summed E-state index contributed by atoms with van der Waals surface area (Å²) in [7, 11) is 1.55. The summed E-state index contributed by atoms with van der Waals surface area (Å²) in [6, 6.07) is 13.0. The standard InChI is InChI=1S/C25H33N3O6/c1-17-8-6-7-9-20(17)22(23(31)27-18-10-12-19(33-5)13-11-18)28(14-15-29)21(30)16-26-24(32)34-25(2,3)4/h6-13,22,29H,14-16H2,1-5H3,(H,26,32)(H,27,31). The quantitative estimate of drug-likeness (QED) is 0.518. The molecule has 2 aromatic carbocycles. The van der Waals surface area contributed by atoms with Crippen LogP contribution in [0, 0.1) is 6.92 Å². The lowest BCUT2D eigenvalue weighted by Gasteiger charge is -2.32. The van der Waals surface area contributed by atoms with Gasteiger partial charge in [-0.15, -0.1) is 0 Å². The lowest BCUT2D eigenvalue weighted by Crippen LogP contribution is -2.47. The van der Waals surface area contributed by atoms with Crippen LogP contribution in [0.3, 0.4) is 0 Å².